The number of imide groups is 1. The molecule has 0 radical (unpaired) electrons. The van der Waals surface area contributed by atoms with Gasteiger partial charge in [0.2, 0.25) is 5.78 Å². The zero-order chi connectivity index (χ0) is 27.5. The first-order valence-corrected chi connectivity index (χ1v) is 12.4. The third-order valence-electron chi connectivity index (χ3n) is 5.91. The molecule has 4 aromatic carbocycles. The fourth-order valence-corrected chi connectivity index (χ4v) is 4.82. The number of hydrogen-bond donors (Lipinski definition) is 0. The van der Waals surface area contributed by atoms with E-state index in [1.807, 2.05) is 42.5 Å². The number of anilines is 1. The summed E-state index contributed by atoms with van der Waals surface area (Å²) in [5.41, 5.74) is 0.330. The summed E-state index contributed by atoms with van der Waals surface area (Å²) in [6.07, 6.45) is 0. The van der Waals surface area contributed by atoms with Crippen LogP contribution >= 0.6 is 11.8 Å². The Bertz CT molecular complexity index is 1640. The SMILES string of the molecule is O=C(COC(=O)c1ccc2c(c1)C(=O)N(c1ccc(Sc3ccccc3)cc1)C2=O)c1cccc([N+](=O)[O-])c1. The minimum atomic E-state index is -0.877. The molecule has 5 rings (SSSR count). The van der Waals surface area contributed by atoms with Gasteiger partial charge < -0.3 is 4.74 Å². The number of ether oxygens (including phenoxy) is 1. The number of nitro benzene ring substituents is 1. The Morgan fingerprint density at radius 3 is 2.18 bits per heavy atom. The van der Waals surface area contributed by atoms with Crippen LogP contribution in [0.25, 0.3) is 0 Å². The maximum atomic E-state index is 13.1. The number of carbonyl (C=O) groups excluding carboxylic acids is 4. The standard InChI is InChI=1S/C29H18N2O7S/c32-26(18-5-4-6-21(15-18)31(36)37)17-38-29(35)19-9-14-24-25(16-19)28(34)30(27(24)33)20-10-12-23(13-11-20)39-22-7-2-1-3-8-22/h1-16H,17H2. The number of rotatable bonds is 8. The van der Waals surface area contributed by atoms with E-state index in [9.17, 15) is 29.3 Å². The predicted octanol–water partition coefficient (Wildman–Crippen LogP) is 5.59. The molecule has 0 unspecified atom stereocenters. The van der Waals surface area contributed by atoms with Gasteiger partial charge in [-0.15, -0.1) is 0 Å². The lowest BCUT2D eigenvalue weighted by Crippen LogP contribution is -2.29. The summed E-state index contributed by atoms with van der Waals surface area (Å²) < 4.78 is 5.07. The fraction of sp³-hybridized carbons (Fsp3) is 0.0345. The van der Waals surface area contributed by atoms with Crippen molar-refractivity contribution in [3.63, 3.8) is 0 Å². The lowest BCUT2D eigenvalue weighted by atomic mass is 10.1. The number of carbonyl (C=O) groups is 4. The lowest BCUT2D eigenvalue weighted by molar-refractivity contribution is -0.384. The fourth-order valence-electron chi connectivity index (χ4n) is 3.98. The Morgan fingerprint density at radius 2 is 1.46 bits per heavy atom. The Labute approximate surface area is 226 Å². The Morgan fingerprint density at radius 1 is 0.769 bits per heavy atom. The second-order valence-electron chi connectivity index (χ2n) is 8.42. The number of benzene rings is 4. The van der Waals surface area contributed by atoms with Crippen LogP contribution in [-0.4, -0.2) is 35.1 Å². The van der Waals surface area contributed by atoms with Crippen LogP contribution in [0.2, 0.25) is 0 Å². The van der Waals surface area contributed by atoms with Crippen molar-refractivity contribution in [2.45, 2.75) is 9.79 Å². The summed E-state index contributed by atoms with van der Waals surface area (Å²) in [5.74, 6) is -2.60. The van der Waals surface area contributed by atoms with Crippen molar-refractivity contribution in [1.82, 2.24) is 0 Å². The van der Waals surface area contributed by atoms with Gasteiger partial charge in [-0.2, -0.15) is 0 Å². The van der Waals surface area contributed by atoms with Crippen molar-refractivity contribution < 1.29 is 28.8 Å². The van der Waals surface area contributed by atoms with Crippen molar-refractivity contribution in [2.75, 3.05) is 11.5 Å². The molecule has 0 saturated heterocycles. The number of esters is 1. The number of ketones is 1. The Balaban J connectivity index is 1.27. The van der Waals surface area contributed by atoms with Gasteiger partial charge in [-0.25, -0.2) is 9.69 Å². The summed E-state index contributed by atoms with van der Waals surface area (Å²) >= 11 is 1.55. The van der Waals surface area contributed by atoms with Crippen LogP contribution in [0.15, 0.2) is 107 Å². The van der Waals surface area contributed by atoms with Crippen LogP contribution in [0.4, 0.5) is 11.4 Å². The number of nitrogens with zero attached hydrogens (tertiary/aromatic N) is 2. The molecule has 39 heavy (non-hydrogen) atoms. The van der Waals surface area contributed by atoms with Gasteiger partial charge in [0.15, 0.2) is 6.61 Å². The summed E-state index contributed by atoms with van der Waals surface area (Å²) in [6, 6.07) is 25.8. The summed E-state index contributed by atoms with van der Waals surface area (Å²) in [6.45, 7) is -0.649. The zero-order valence-electron chi connectivity index (χ0n) is 20.1. The molecule has 1 heterocycles. The quantitative estimate of drug-likeness (QED) is 0.0935. The Hall–Kier alpha value is -5.09. The molecule has 0 saturated carbocycles. The van der Waals surface area contributed by atoms with Crippen LogP contribution in [0.5, 0.6) is 0 Å². The van der Waals surface area contributed by atoms with Crippen molar-refractivity contribution >= 4 is 46.7 Å². The maximum Gasteiger partial charge on any atom is 0.338 e. The van der Waals surface area contributed by atoms with Crippen molar-refractivity contribution in [1.29, 1.82) is 0 Å². The molecule has 1 aliphatic rings. The molecule has 0 atom stereocenters. The zero-order valence-corrected chi connectivity index (χ0v) is 20.9. The number of amides is 2. The molecule has 9 nitrogen and oxygen atoms in total. The van der Waals surface area contributed by atoms with Gasteiger partial charge in [0.05, 0.1) is 27.3 Å². The first-order valence-electron chi connectivity index (χ1n) is 11.6. The third kappa shape index (κ3) is 5.32. The number of fused-ring (bicyclic) bond motifs is 1. The van der Waals surface area contributed by atoms with E-state index in [2.05, 4.69) is 0 Å². The van der Waals surface area contributed by atoms with Gasteiger partial charge in [-0.05, 0) is 54.6 Å². The van der Waals surface area contributed by atoms with E-state index >= 15 is 0 Å². The van der Waals surface area contributed by atoms with Crippen LogP contribution in [0.1, 0.15) is 41.4 Å². The van der Waals surface area contributed by atoms with E-state index in [0.717, 1.165) is 20.8 Å². The number of non-ortho nitro benzene ring substituents is 1. The molecule has 0 bridgehead atoms. The molecule has 0 N–H and O–H groups in total. The van der Waals surface area contributed by atoms with E-state index in [1.54, 1.807) is 23.9 Å². The molecule has 0 aliphatic carbocycles. The predicted molar refractivity (Wildman–Crippen MR) is 142 cm³/mol. The molecular weight excluding hydrogens is 520 g/mol. The monoisotopic (exact) mass is 538 g/mol. The molecular formula is C29H18N2O7S. The van der Waals surface area contributed by atoms with E-state index in [-0.39, 0.29) is 27.9 Å². The molecule has 0 fully saturated rings. The van der Waals surface area contributed by atoms with Crippen LogP contribution in [0, 0.1) is 10.1 Å². The molecule has 0 spiro atoms. The van der Waals surface area contributed by atoms with Gasteiger partial charge >= 0.3 is 5.97 Å². The minimum Gasteiger partial charge on any atom is -0.454 e. The lowest BCUT2D eigenvalue weighted by Gasteiger charge is -2.14. The van der Waals surface area contributed by atoms with Crippen LogP contribution in [0.3, 0.4) is 0 Å². The first-order chi connectivity index (χ1) is 18.8. The van der Waals surface area contributed by atoms with E-state index in [0.29, 0.717) is 5.69 Å². The van der Waals surface area contributed by atoms with Crippen molar-refractivity contribution in [3.05, 3.63) is 129 Å². The molecule has 1 aliphatic heterocycles. The van der Waals surface area contributed by atoms with E-state index in [4.69, 9.17) is 4.74 Å². The minimum absolute atomic E-state index is 0.0156. The number of Topliss-reactive ketones (excluding diaryl/α,β-unsaturated/α-hetero) is 1. The highest BCUT2D eigenvalue weighted by atomic mass is 32.2. The van der Waals surface area contributed by atoms with Crippen LogP contribution in [-0.2, 0) is 4.74 Å². The van der Waals surface area contributed by atoms with Gasteiger partial charge in [0.25, 0.3) is 17.5 Å². The largest absolute Gasteiger partial charge is 0.454 e. The van der Waals surface area contributed by atoms with Gasteiger partial charge in [0, 0.05) is 27.5 Å². The third-order valence-corrected chi connectivity index (χ3v) is 6.93. The average Bonchev–Trinajstić information content (AvgIpc) is 3.21. The van der Waals surface area contributed by atoms with Crippen molar-refractivity contribution in [3.8, 4) is 0 Å². The summed E-state index contributed by atoms with van der Waals surface area (Å²) in [4.78, 5) is 64.4. The highest BCUT2D eigenvalue weighted by molar-refractivity contribution is 7.99. The summed E-state index contributed by atoms with van der Waals surface area (Å²) in [7, 11) is 0. The summed E-state index contributed by atoms with van der Waals surface area (Å²) in [5, 5.41) is 10.9. The molecule has 4 aromatic rings. The highest BCUT2D eigenvalue weighted by Crippen LogP contribution is 2.33. The second-order valence-corrected chi connectivity index (χ2v) is 9.57. The number of nitro groups is 1. The highest BCUT2D eigenvalue weighted by Gasteiger charge is 2.37. The first kappa shape index (κ1) is 25.6. The maximum absolute atomic E-state index is 13.1. The smallest absolute Gasteiger partial charge is 0.338 e. The molecule has 10 heteroatoms. The van der Waals surface area contributed by atoms with E-state index in [1.165, 1.54) is 36.4 Å². The normalized spacial score (nSPS) is 12.3. The van der Waals surface area contributed by atoms with Crippen LogP contribution < -0.4 is 4.90 Å². The Kier molecular flexibility index (Phi) is 7.02. The average molecular weight is 539 g/mol. The topological polar surface area (TPSA) is 124 Å². The van der Waals surface area contributed by atoms with Gasteiger partial charge in [0.1, 0.15) is 0 Å². The van der Waals surface area contributed by atoms with Gasteiger partial charge in [-0.3, -0.25) is 24.5 Å². The second kappa shape index (κ2) is 10.7. The van der Waals surface area contributed by atoms with Gasteiger partial charge in [-0.1, -0.05) is 42.1 Å². The molecule has 0 aromatic heterocycles. The number of hydrogen-bond acceptors (Lipinski definition) is 8. The van der Waals surface area contributed by atoms with E-state index < -0.39 is 35.1 Å². The van der Waals surface area contributed by atoms with Crippen molar-refractivity contribution in [2.24, 2.45) is 0 Å². The molecule has 2 amide bonds. The molecule has 192 valence electrons.